The molecule has 0 radical (unpaired) electrons. The molecule has 2 aromatic carbocycles. The van der Waals surface area contributed by atoms with E-state index in [0.717, 1.165) is 11.1 Å². The number of hydrogen-bond acceptors (Lipinski definition) is 3. The number of hydrogen-bond donors (Lipinski definition) is 2. The van der Waals surface area contributed by atoms with Crippen molar-refractivity contribution in [2.45, 2.75) is 13.5 Å². The number of aromatic nitrogens is 2. The van der Waals surface area contributed by atoms with Crippen LogP contribution in [0.15, 0.2) is 79.0 Å². The van der Waals surface area contributed by atoms with Crippen molar-refractivity contribution < 1.29 is 9.59 Å². The molecule has 0 aliphatic heterocycles. The van der Waals surface area contributed by atoms with Crippen molar-refractivity contribution in [1.29, 1.82) is 0 Å². The first kappa shape index (κ1) is 18.4. The molecule has 6 nitrogen and oxygen atoms in total. The number of fused-ring (bicyclic) bond motifs is 1. The molecule has 2 amide bonds. The van der Waals surface area contributed by atoms with Crippen LogP contribution in [0.4, 0.5) is 5.69 Å². The van der Waals surface area contributed by atoms with Gasteiger partial charge in [-0.2, -0.15) is 0 Å². The summed E-state index contributed by atoms with van der Waals surface area (Å²) in [5, 5.41) is 5.69. The zero-order chi connectivity index (χ0) is 20.2. The highest BCUT2D eigenvalue weighted by Crippen LogP contribution is 2.15. The van der Waals surface area contributed by atoms with Gasteiger partial charge < -0.3 is 10.6 Å². The van der Waals surface area contributed by atoms with Gasteiger partial charge in [0.25, 0.3) is 11.8 Å². The predicted octanol–water partition coefficient (Wildman–Crippen LogP) is 3.83. The topological polar surface area (TPSA) is 75.5 Å². The minimum absolute atomic E-state index is 0.157. The van der Waals surface area contributed by atoms with Crippen LogP contribution in [-0.4, -0.2) is 21.2 Å². The lowest BCUT2D eigenvalue weighted by atomic mass is 10.1. The maximum absolute atomic E-state index is 12.8. The van der Waals surface area contributed by atoms with Crippen molar-refractivity contribution in [3.63, 3.8) is 0 Å². The molecule has 0 atom stereocenters. The van der Waals surface area contributed by atoms with Crippen LogP contribution in [-0.2, 0) is 6.54 Å². The van der Waals surface area contributed by atoms with E-state index in [9.17, 15) is 9.59 Å². The first-order valence-electron chi connectivity index (χ1n) is 9.29. The Morgan fingerprint density at radius 2 is 1.62 bits per heavy atom. The van der Waals surface area contributed by atoms with Crippen LogP contribution in [0.5, 0.6) is 0 Å². The average molecular weight is 384 g/mol. The van der Waals surface area contributed by atoms with Crippen LogP contribution in [0.3, 0.4) is 0 Å². The van der Waals surface area contributed by atoms with Crippen molar-refractivity contribution in [3.05, 3.63) is 102 Å². The highest BCUT2D eigenvalue weighted by molar-refractivity contribution is 6.06. The third kappa shape index (κ3) is 4.01. The summed E-state index contributed by atoms with van der Waals surface area (Å²) in [5.41, 5.74) is 3.61. The number of imidazole rings is 1. The predicted molar refractivity (Wildman–Crippen MR) is 112 cm³/mol. The summed E-state index contributed by atoms with van der Waals surface area (Å²) in [6.45, 7) is 2.40. The normalized spacial score (nSPS) is 10.7. The Balaban J connectivity index is 1.59. The van der Waals surface area contributed by atoms with Gasteiger partial charge in [-0.25, -0.2) is 4.98 Å². The van der Waals surface area contributed by atoms with Gasteiger partial charge in [0, 0.05) is 18.4 Å². The first-order chi connectivity index (χ1) is 14.1. The monoisotopic (exact) mass is 384 g/mol. The molecular weight excluding hydrogens is 364 g/mol. The van der Waals surface area contributed by atoms with Crippen molar-refractivity contribution in [1.82, 2.24) is 14.7 Å². The molecule has 0 aliphatic carbocycles. The minimum atomic E-state index is -0.380. The van der Waals surface area contributed by atoms with Gasteiger partial charge in [-0.05, 0) is 36.8 Å². The molecule has 144 valence electrons. The van der Waals surface area contributed by atoms with Gasteiger partial charge in [-0.15, -0.1) is 0 Å². The molecule has 2 N–H and O–H groups in total. The van der Waals surface area contributed by atoms with E-state index in [-0.39, 0.29) is 23.3 Å². The molecule has 0 bridgehead atoms. The van der Waals surface area contributed by atoms with E-state index in [1.54, 1.807) is 34.9 Å². The number of amides is 2. The number of nitrogens with zero attached hydrogens (tertiary/aromatic N) is 2. The van der Waals surface area contributed by atoms with Crippen LogP contribution in [0.25, 0.3) is 5.52 Å². The largest absolute Gasteiger partial charge is 0.347 e. The number of anilines is 1. The summed E-state index contributed by atoms with van der Waals surface area (Å²) < 4.78 is 1.62. The van der Waals surface area contributed by atoms with E-state index in [1.165, 1.54) is 0 Å². The molecular formula is C23H20N4O2. The van der Waals surface area contributed by atoms with E-state index in [1.807, 2.05) is 55.5 Å². The Morgan fingerprint density at radius 1 is 0.897 bits per heavy atom. The summed E-state index contributed by atoms with van der Waals surface area (Å²) in [5.74, 6) is -0.548. The molecule has 0 fully saturated rings. The lowest BCUT2D eigenvalue weighted by Gasteiger charge is -2.04. The van der Waals surface area contributed by atoms with Crippen molar-refractivity contribution in [2.24, 2.45) is 0 Å². The molecule has 0 unspecified atom stereocenters. The van der Waals surface area contributed by atoms with Crippen molar-refractivity contribution >= 4 is 23.0 Å². The lowest BCUT2D eigenvalue weighted by molar-refractivity contribution is 0.0948. The number of carbonyl (C=O) groups excluding carboxylic acids is 2. The first-order valence-corrected chi connectivity index (χ1v) is 9.29. The molecule has 0 saturated carbocycles. The number of nitrogens with one attached hydrogen (secondary N) is 2. The number of pyridine rings is 1. The molecule has 0 saturated heterocycles. The maximum atomic E-state index is 12.8. The SMILES string of the molecule is Cc1ccc(CNC(=O)c2nc(C(=O)Nc3ccccc3)n3ccccc23)cc1. The van der Waals surface area contributed by atoms with E-state index in [4.69, 9.17) is 0 Å². The zero-order valence-corrected chi connectivity index (χ0v) is 15.9. The molecule has 29 heavy (non-hydrogen) atoms. The van der Waals surface area contributed by atoms with Crippen LogP contribution < -0.4 is 10.6 Å². The smallest absolute Gasteiger partial charge is 0.292 e. The molecule has 4 rings (SSSR count). The fraction of sp³-hybridized carbons (Fsp3) is 0.0870. The quantitative estimate of drug-likeness (QED) is 0.549. The second-order valence-electron chi connectivity index (χ2n) is 6.73. The summed E-state index contributed by atoms with van der Waals surface area (Å²) in [7, 11) is 0. The van der Waals surface area contributed by atoms with Gasteiger partial charge in [0.1, 0.15) is 0 Å². The van der Waals surface area contributed by atoms with Gasteiger partial charge in [-0.1, -0.05) is 54.1 Å². The van der Waals surface area contributed by atoms with Crippen LogP contribution in [0.1, 0.15) is 32.2 Å². The van der Waals surface area contributed by atoms with Crippen LogP contribution in [0.2, 0.25) is 0 Å². The molecule has 2 heterocycles. The minimum Gasteiger partial charge on any atom is -0.347 e. The second-order valence-corrected chi connectivity index (χ2v) is 6.73. The molecule has 4 aromatic rings. The van der Waals surface area contributed by atoms with Gasteiger partial charge in [0.15, 0.2) is 5.69 Å². The fourth-order valence-corrected chi connectivity index (χ4v) is 3.05. The Bertz CT molecular complexity index is 1160. The lowest BCUT2D eigenvalue weighted by Crippen LogP contribution is -2.23. The summed E-state index contributed by atoms with van der Waals surface area (Å²) in [6.07, 6.45) is 1.72. The maximum Gasteiger partial charge on any atom is 0.292 e. The van der Waals surface area contributed by atoms with Gasteiger partial charge in [-0.3, -0.25) is 14.0 Å². The summed E-state index contributed by atoms with van der Waals surface area (Å²) in [6, 6.07) is 22.5. The number of rotatable bonds is 5. The Morgan fingerprint density at radius 3 is 2.38 bits per heavy atom. The number of benzene rings is 2. The van der Waals surface area contributed by atoms with E-state index >= 15 is 0 Å². The summed E-state index contributed by atoms with van der Waals surface area (Å²) >= 11 is 0. The average Bonchev–Trinajstić information content (AvgIpc) is 3.14. The van der Waals surface area contributed by atoms with Crippen molar-refractivity contribution in [2.75, 3.05) is 5.32 Å². The van der Waals surface area contributed by atoms with Crippen LogP contribution >= 0.6 is 0 Å². The Hall–Kier alpha value is -3.93. The van der Waals surface area contributed by atoms with Crippen LogP contribution in [0, 0.1) is 6.92 Å². The van der Waals surface area contributed by atoms with E-state index in [2.05, 4.69) is 15.6 Å². The number of para-hydroxylation sites is 1. The summed E-state index contributed by atoms with van der Waals surface area (Å²) in [4.78, 5) is 29.9. The highest BCUT2D eigenvalue weighted by atomic mass is 16.2. The van der Waals surface area contributed by atoms with Crippen molar-refractivity contribution in [3.8, 4) is 0 Å². The standard InChI is InChI=1S/C23H20N4O2/c1-16-10-12-17(13-11-16)15-24-22(28)20-19-9-5-6-14-27(19)21(26-20)23(29)25-18-7-3-2-4-8-18/h2-14H,15H2,1H3,(H,24,28)(H,25,29). The molecule has 0 spiro atoms. The number of aryl methyl sites for hydroxylation is 1. The molecule has 2 aromatic heterocycles. The van der Waals surface area contributed by atoms with Gasteiger partial charge in [0.2, 0.25) is 5.82 Å². The third-order valence-corrected chi connectivity index (χ3v) is 4.57. The van der Waals surface area contributed by atoms with Gasteiger partial charge in [0.05, 0.1) is 5.52 Å². The molecule has 6 heteroatoms. The molecule has 0 aliphatic rings. The number of carbonyl (C=O) groups is 2. The fourth-order valence-electron chi connectivity index (χ4n) is 3.05. The van der Waals surface area contributed by atoms with E-state index in [0.29, 0.717) is 17.7 Å². The van der Waals surface area contributed by atoms with E-state index < -0.39 is 0 Å². The Labute approximate surface area is 168 Å². The Kier molecular flexibility index (Phi) is 5.07. The third-order valence-electron chi connectivity index (χ3n) is 4.57. The zero-order valence-electron chi connectivity index (χ0n) is 15.9. The second kappa shape index (κ2) is 7.98. The van der Waals surface area contributed by atoms with Gasteiger partial charge >= 0.3 is 0 Å². The highest BCUT2D eigenvalue weighted by Gasteiger charge is 2.21.